The van der Waals surface area contributed by atoms with Crippen molar-refractivity contribution in [3.05, 3.63) is 78.0 Å². The number of nitrogens with two attached hydrogens (primary N) is 1. The summed E-state index contributed by atoms with van der Waals surface area (Å²) in [6.45, 7) is -0.544. The third kappa shape index (κ3) is 7.31. The average molecular weight is 659 g/mol. The van der Waals surface area contributed by atoms with Gasteiger partial charge in [0, 0.05) is 23.6 Å². The molecule has 0 fully saturated rings. The zero-order chi connectivity index (χ0) is 31.2. The van der Waals surface area contributed by atoms with Crippen LogP contribution in [-0.2, 0) is 26.6 Å². The lowest BCUT2D eigenvalue weighted by Crippen LogP contribution is -2.30. The predicted octanol–water partition coefficient (Wildman–Crippen LogP) is 3.87. The summed E-state index contributed by atoms with van der Waals surface area (Å²) >= 11 is 1.05. The molecule has 43 heavy (non-hydrogen) atoms. The highest BCUT2D eigenvalue weighted by Crippen LogP contribution is 2.42. The molecule has 1 atom stereocenters. The highest BCUT2D eigenvalue weighted by Gasteiger charge is 2.36. The molecule has 2 aromatic carbocycles. The molecule has 0 amide bonds. The van der Waals surface area contributed by atoms with Crippen LogP contribution < -0.4 is 14.6 Å². The van der Waals surface area contributed by atoms with Gasteiger partial charge in [0.25, 0.3) is 10.2 Å². The van der Waals surface area contributed by atoms with E-state index in [0.29, 0.717) is 21.3 Å². The third-order valence-electron chi connectivity index (χ3n) is 5.78. The second-order valence-corrected chi connectivity index (χ2v) is 13.5. The Morgan fingerprint density at radius 3 is 2.44 bits per heavy atom. The molecule has 0 aliphatic rings. The molecule has 0 spiro atoms. The van der Waals surface area contributed by atoms with Crippen molar-refractivity contribution in [2.75, 3.05) is 6.26 Å². The molecule has 5 aromatic rings. The van der Waals surface area contributed by atoms with Crippen molar-refractivity contribution in [1.82, 2.24) is 24.9 Å². The highest BCUT2D eigenvalue weighted by molar-refractivity contribution is 7.91. The van der Waals surface area contributed by atoms with Gasteiger partial charge in [0.15, 0.2) is 15.1 Å². The smallest absolute Gasteiger partial charge is 0.422 e. The Hall–Kier alpha value is -4.04. The number of nitrogens with one attached hydrogen (secondary N) is 1. The third-order valence-corrected chi connectivity index (χ3v) is 8.69. The molecule has 3 aromatic heterocycles. The second kappa shape index (κ2) is 11.2. The normalized spacial score (nSPS) is 13.3. The van der Waals surface area contributed by atoms with Crippen molar-refractivity contribution in [1.29, 1.82) is 0 Å². The molecule has 0 radical (unpaired) electrons. The molecule has 3 heterocycles. The van der Waals surface area contributed by atoms with Gasteiger partial charge in [-0.2, -0.15) is 17.5 Å². The van der Waals surface area contributed by atoms with Crippen LogP contribution in [0.25, 0.3) is 31.9 Å². The molecule has 0 aliphatic carbocycles. The zero-order valence-corrected chi connectivity index (χ0v) is 24.0. The van der Waals surface area contributed by atoms with Gasteiger partial charge in [0.2, 0.25) is 17.7 Å². The van der Waals surface area contributed by atoms with Crippen LogP contribution in [0.2, 0.25) is 0 Å². The van der Waals surface area contributed by atoms with Crippen LogP contribution in [0.4, 0.5) is 17.6 Å². The van der Waals surface area contributed by atoms with Gasteiger partial charge in [0.05, 0.1) is 16.8 Å². The number of ether oxygens (including phenoxy) is 1. The summed E-state index contributed by atoms with van der Waals surface area (Å²) < 4.78 is 113. The van der Waals surface area contributed by atoms with E-state index in [2.05, 4.69) is 24.9 Å². The predicted molar refractivity (Wildman–Crippen MR) is 146 cm³/mol. The molecule has 0 saturated heterocycles. The lowest BCUT2D eigenvalue weighted by atomic mass is 10.0. The standard InChI is InChI=1S/C24H18F4N6O6S3/c1-42(35,36)21(22-34-33-20(39-22)11-31-43(29,37)38)15-5-4-14(40-24(26,27)28)9-16(15)23-32-17-6-2-12(8-18(17)41-23)13-3-7-19(25)30-10-13/h2-10,21,31H,11H2,1H3,(H2,29,37,38). The Morgan fingerprint density at radius 2 is 1.79 bits per heavy atom. The first kappa shape index (κ1) is 30.4. The van der Waals surface area contributed by atoms with Crippen LogP contribution in [-0.4, -0.2) is 49.6 Å². The van der Waals surface area contributed by atoms with Crippen molar-refractivity contribution in [3.63, 3.8) is 0 Å². The topological polar surface area (TPSA) is 180 Å². The summed E-state index contributed by atoms with van der Waals surface area (Å²) in [6, 6.07) is 10.8. The minimum atomic E-state index is -5.04. The molecule has 0 saturated carbocycles. The molecule has 12 nitrogen and oxygen atoms in total. The lowest BCUT2D eigenvalue weighted by Gasteiger charge is -2.17. The summed E-state index contributed by atoms with van der Waals surface area (Å²) in [4.78, 5) is 8.14. The number of alkyl halides is 3. The van der Waals surface area contributed by atoms with E-state index >= 15 is 0 Å². The summed E-state index contributed by atoms with van der Waals surface area (Å²) in [7, 11) is -8.28. The minimum absolute atomic E-state index is 0.0363. The number of aromatic nitrogens is 4. The Bertz CT molecular complexity index is 2030. The molecule has 1 unspecified atom stereocenters. The number of sulfone groups is 1. The molecule has 226 valence electrons. The molecule has 0 aliphatic heterocycles. The van der Waals surface area contributed by atoms with E-state index in [4.69, 9.17) is 9.56 Å². The summed E-state index contributed by atoms with van der Waals surface area (Å²) in [5.41, 5.74) is 1.60. The number of halogens is 4. The first-order valence-corrected chi connectivity index (χ1v) is 16.1. The number of hydrogen-bond acceptors (Lipinski definition) is 11. The van der Waals surface area contributed by atoms with E-state index in [1.54, 1.807) is 18.2 Å². The maximum atomic E-state index is 13.3. The Kier molecular flexibility index (Phi) is 7.94. The molecular weight excluding hydrogens is 640 g/mol. The van der Waals surface area contributed by atoms with E-state index in [1.165, 1.54) is 18.3 Å². The lowest BCUT2D eigenvalue weighted by molar-refractivity contribution is -0.274. The van der Waals surface area contributed by atoms with Crippen molar-refractivity contribution in [2.45, 2.75) is 18.2 Å². The van der Waals surface area contributed by atoms with Crippen LogP contribution in [0.3, 0.4) is 0 Å². The highest BCUT2D eigenvalue weighted by atomic mass is 32.2. The molecule has 3 N–H and O–H groups in total. The number of pyridine rings is 1. The van der Waals surface area contributed by atoms with Gasteiger partial charge < -0.3 is 9.15 Å². The summed E-state index contributed by atoms with van der Waals surface area (Å²) in [6.07, 6.45) is -2.85. The van der Waals surface area contributed by atoms with E-state index in [-0.39, 0.29) is 22.0 Å². The van der Waals surface area contributed by atoms with Gasteiger partial charge in [-0.15, -0.1) is 34.7 Å². The Labute approximate surface area is 244 Å². The monoisotopic (exact) mass is 658 g/mol. The largest absolute Gasteiger partial charge is 0.573 e. The minimum Gasteiger partial charge on any atom is -0.422 e. The fourth-order valence-electron chi connectivity index (χ4n) is 4.07. The van der Waals surface area contributed by atoms with Crippen molar-refractivity contribution in [2.24, 2.45) is 5.14 Å². The first-order valence-electron chi connectivity index (χ1n) is 11.8. The van der Waals surface area contributed by atoms with Gasteiger partial charge in [-0.25, -0.2) is 23.5 Å². The zero-order valence-electron chi connectivity index (χ0n) is 21.5. The van der Waals surface area contributed by atoms with Crippen LogP contribution in [0.1, 0.15) is 22.6 Å². The summed E-state index contributed by atoms with van der Waals surface area (Å²) in [5, 5.41) is 10.7. The molecular formula is C24H18F4N6O6S3. The number of fused-ring (bicyclic) bond motifs is 1. The van der Waals surface area contributed by atoms with Crippen molar-refractivity contribution in [3.8, 4) is 27.4 Å². The average Bonchev–Trinajstić information content (AvgIpc) is 3.53. The van der Waals surface area contributed by atoms with Crippen LogP contribution in [0.5, 0.6) is 5.75 Å². The van der Waals surface area contributed by atoms with Gasteiger partial charge in [-0.1, -0.05) is 12.1 Å². The number of nitrogens with zero attached hydrogens (tertiary/aromatic N) is 4. The van der Waals surface area contributed by atoms with Crippen LogP contribution in [0, 0.1) is 5.95 Å². The second-order valence-electron chi connectivity index (χ2n) is 8.98. The maximum Gasteiger partial charge on any atom is 0.573 e. The van der Waals surface area contributed by atoms with E-state index < -0.39 is 55.8 Å². The fourth-order valence-corrected chi connectivity index (χ4v) is 6.56. The molecule has 5 rings (SSSR count). The fraction of sp³-hybridized carbons (Fsp3) is 0.167. The van der Waals surface area contributed by atoms with E-state index in [0.717, 1.165) is 35.8 Å². The van der Waals surface area contributed by atoms with Crippen molar-refractivity contribution < 1.29 is 43.6 Å². The Morgan fingerprint density at radius 1 is 1.05 bits per heavy atom. The number of hydrogen-bond donors (Lipinski definition) is 2. The number of thiazole rings is 1. The summed E-state index contributed by atoms with van der Waals surface area (Å²) in [5.74, 6) is -2.10. The van der Waals surface area contributed by atoms with Gasteiger partial charge in [-0.05, 0) is 47.5 Å². The van der Waals surface area contributed by atoms with Gasteiger partial charge in [-0.3, -0.25) is 0 Å². The molecule has 0 bridgehead atoms. The number of benzene rings is 2. The SMILES string of the molecule is CS(=O)(=O)C(c1nnc(CNS(N)(=O)=O)o1)c1ccc(OC(F)(F)F)cc1-c1nc2ccc(-c3ccc(F)nc3)cc2s1. The molecule has 19 heteroatoms. The van der Waals surface area contributed by atoms with Gasteiger partial charge in [0.1, 0.15) is 10.8 Å². The van der Waals surface area contributed by atoms with E-state index in [1.807, 2.05) is 4.72 Å². The van der Waals surface area contributed by atoms with E-state index in [9.17, 15) is 34.4 Å². The van der Waals surface area contributed by atoms with Gasteiger partial charge >= 0.3 is 6.36 Å². The van der Waals surface area contributed by atoms with Crippen LogP contribution >= 0.6 is 11.3 Å². The van der Waals surface area contributed by atoms with Crippen LogP contribution in [0.15, 0.2) is 59.1 Å². The number of rotatable bonds is 9. The first-order chi connectivity index (χ1) is 20.1. The quantitative estimate of drug-likeness (QED) is 0.174. The maximum absolute atomic E-state index is 13.3. The Balaban J connectivity index is 1.63. The van der Waals surface area contributed by atoms with Crippen molar-refractivity contribution >= 4 is 41.6 Å².